The van der Waals surface area contributed by atoms with Crippen molar-refractivity contribution in [3.05, 3.63) is 29.8 Å². The van der Waals surface area contributed by atoms with Gasteiger partial charge in [-0.3, -0.25) is 14.4 Å². The van der Waals surface area contributed by atoms with E-state index in [4.69, 9.17) is 0 Å². The van der Waals surface area contributed by atoms with Gasteiger partial charge in [0.2, 0.25) is 17.7 Å². The van der Waals surface area contributed by atoms with Gasteiger partial charge in [0.15, 0.2) is 0 Å². The van der Waals surface area contributed by atoms with Gasteiger partial charge in [-0.1, -0.05) is 26.0 Å². The summed E-state index contributed by atoms with van der Waals surface area (Å²) in [5.74, 6) is -3.06. The van der Waals surface area contributed by atoms with Gasteiger partial charge in [0, 0.05) is 12.1 Å². The van der Waals surface area contributed by atoms with Crippen LogP contribution in [0.1, 0.15) is 58.4 Å². The van der Waals surface area contributed by atoms with E-state index in [1.807, 2.05) is 0 Å². The molecular formula is C26H37F3N4O5. The van der Waals surface area contributed by atoms with Crippen LogP contribution in [0.2, 0.25) is 0 Å². The fraction of sp³-hybridized carbons (Fsp3) is 0.615. The number of amides is 3. The van der Waals surface area contributed by atoms with Gasteiger partial charge < -0.3 is 26.0 Å². The number of rotatable bonds is 12. The summed E-state index contributed by atoms with van der Waals surface area (Å²) in [4.78, 5) is 48.6. The molecule has 1 aliphatic heterocycles. The van der Waals surface area contributed by atoms with E-state index in [9.17, 15) is 32.3 Å². The third kappa shape index (κ3) is 10.7. The Morgan fingerprint density at radius 2 is 1.63 bits per heavy atom. The van der Waals surface area contributed by atoms with Crippen LogP contribution in [0.4, 0.5) is 18.9 Å². The molecule has 9 nitrogen and oxygen atoms in total. The molecule has 3 amide bonds. The summed E-state index contributed by atoms with van der Waals surface area (Å²) in [5, 5.41) is 11.3. The van der Waals surface area contributed by atoms with Crippen LogP contribution in [-0.4, -0.2) is 55.0 Å². The summed E-state index contributed by atoms with van der Waals surface area (Å²) < 4.78 is 40.8. The van der Waals surface area contributed by atoms with E-state index >= 15 is 0 Å². The number of carbonyl (C=O) groups excluding carboxylic acids is 4. The molecular weight excluding hydrogens is 505 g/mol. The second-order valence-electron chi connectivity index (χ2n) is 9.87. The highest BCUT2D eigenvalue weighted by Crippen LogP contribution is 2.19. The molecule has 1 aromatic rings. The molecule has 0 aliphatic carbocycles. The van der Waals surface area contributed by atoms with Gasteiger partial charge in [0.1, 0.15) is 18.7 Å². The molecule has 0 unspecified atom stereocenters. The minimum Gasteiger partial charge on any atom is -0.454 e. The molecule has 0 bridgehead atoms. The summed E-state index contributed by atoms with van der Waals surface area (Å²) in [6.07, 6.45) is -0.781. The van der Waals surface area contributed by atoms with Crippen LogP contribution >= 0.6 is 0 Å². The lowest BCUT2D eigenvalue weighted by Crippen LogP contribution is -2.53. The molecule has 12 heteroatoms. The predicted molar refractivity (Wildman–Crippen MR) is 135 cm³/mol. The number of anilines is 1. The highest BCUT2D eigenvalue weighted by atomic mass is 19.4. The van der Waals surface area contributed by atoms with E-state index in [1.54, 1.807) is 13.8 Å². The van der Waals surface area contributed by atoms with Crippen LogP contribution in [-0.2, 0) is 30.5 Å². The number of hydrogen-bond acceptors (Lipinski definition) is 6. The van der Waals surface area contributed by atoms with Crippen molar-refractivity contribution in [3.63, 3.8) is 0 Å². The molecule has 1 aliphatic rings. The topological polar surface area (TPSA) is 126 Å². The first-order valence-corrected chi connectivity index (χ1v) is 12.8. The Balaban J connectivity index is 1.80. The van der Waals surface area contributed by atoms with Gasteiger partial charge in [-0.15, -0.1) is 0 Å². The van der Waals surface area contributed by atoms with E-state index in [0.717, 1.165) is 38.8 Å². The Hall–Kier alpha value is -3.15. The monoisotopic (exact) mass is 542 g/mol. The molecule has 212 valence electrons. The zero-order chi connectivity index (χ0) is 28.3. The number of carbonyl (C=O) groups is 4. The summed E-state index contributed by atoms with van der Waals surface area (Å²) in [7, 11) is 0. The number of hydrogen-bond donors (Lipinski definition) is 4. The smallest absolute Gasteiger partial charge is 0.454 e. The number of nitrogens with one attached hydrogen (secondary N) is 4. The Morgan fingerprint density at radius 3 is 2.21 bits per heavy atom. The second-order valence-corrected chi connectivity index (χ2v) is 9.87. The number of ether oxygens (including phenoxy) is 1. The number of halogens is 3. The Labute approximate surface area is 220 Å². The molecule has 1 fully saturated rings. The average Bonchev–Trinajstić information content (AvgIpc) is 2.86. The quantitative estimate of drug-likeness (QED) is 0.301. The van der Waals surface area contributed by atoms with Crippen LogP contribution < -0.4 is 21.3 Å². The fourth-order valence-corrected chi connectivity index (χ4v) is 4.04. The van der Waals surface area contributed by atoms with Crippen LogP contribution in [0.5, 0.6) is 0 Å². The maximum Gasteiger partial charge on any atom is 0.490 e. The first-order valence-electron chi connectivity index (χ1n) is 12.8. The third-order valence-electron chi connectivity index (χ3n) is 6.32. The van der Waals surface area contributed by atoms with Gasteiger partial charge in [-0.05, 0) is 75.2 Å². The normalized spacial score (nSPS) is 15.9. The maximum absolute atomic E-state index is 12.8. The Kier molecular flexibility index (Phi) is 12.0. The van der Waals surface area contributed by atoms with Crippen LogP contribution in [0.3, 0.4) is 0 Å². The first-order chi connectivity index (χ1) is 17.9. The van der Waals surface area contributed by atoms with E-state index < -0.39 is 42.7 Å². The Morgan fingerprint density at radius 1 is 1.00 bits per heavy atom. The van der Waals surface area contributed by atoms with Crippen LogP contribution in [0.15, 0.2) is 24.3 Å². The fourth-order valence-electron chi connectivity index (χ4n) is 4.04. The molecule has 0 aromatic heterocycles. The minimum absolute atomic E-state index is 0.197. The van der Waals surface area contributed by atoms with Gasteiger partial charge in [0.05, 0.1) is 0 Å². The average molecular weight is 543 g/mol. The molecule has 0 spiro atoms. The SMILES string of the molecule is CC(C)[C@H](NC(=O)CCCC1CCNCC1)C(=O)N[C@@H](C)C(=O)Nc1ccc(COC(=O)C(F)(F)F)cc1. The molecule has 38 heavy (non-hydrogen) atoms. The van der Waals surface area contributed by atoms with Crippen molar-refractivity contribution in [2.45, 2.75) is 77.7 Å². The van der Waals surface area contributed by atoms with Crippen molar-refractivity contribution in [1.29, 1.82) is 0 Å². The van der Waals surface area contributed by atoms with Crippen LogP contribution in [0.25, 0.3) is 0 Å². The molecule has 0 radical (unpaired) electrons. The van der Waals surface area contributed by atoms with E-state index in [1.165, 1.54) is 31.2 Å². The van der Waals surface area contributed by atoms with Gasteiger partial charge in [-0.25, -0.2) is 4.79 Å². The molecule has 1 saturated heterocycles. The van der Waals surface area contributed by atoms with Crippen molar-refractivity contribution < 1.29 is 37.1 Å². The second kappa shape index (κ2) is 14.7. The third-order valence-corrected chi connectivity index (χ3v) is 6.32. The highest BCUT2D eigenvalue weighted by Gasteiger charge is 2.40. The zero-order valence-corrected chi connectivity index (χ0v) is 22.0. The van der Waals surface area contributed by atoms with Crippen molar-refractivity contribution in [2.24, 2.45) is 11.8 Å². The first kappa shape index (κ1) is 31.1. The lowest BCUT2D eigenvalue weighted by atomic mass is 9.92. The maximum atomic E-state index is 12.8. The predicted octanol–water partition coefficient (Wildman–Crippen LogP) is 3.05. The summed E-state index contributed by atoms with van der Waals surface area (Å²) in [5.41, 5.74) is 0.637. The van der Waals surface area contributed by atoms with E-state index in [0.29, 0.717) is 23.6 Å². The molecule has 2 rings (SSSR count). The zero-order valence-electron chi connectivity index (χ0n) is 22.0. The van der Waals surface area contributed by atoms with Crippen molar-refractivity contribution in [3.8, 4) is 0 Å². The standard InChI is InChI=1S/C26H37F3N4O5/c1-16(2)22(33-21(34)6-4-5-18-11-13-30-14-12-18)24(36)31-17(3)23(35)32-20-9-7-19(8-10-20)15-38-25(37)26(27,28)29/h7-10,16-18,22,30H,4-6,11-15H2,1-3H3,(H,31,36)(H,32,35)(H,33,34)/t17-,22-/m0/s1. The van der Waals surface area contributed by atoms with Crippen molar-refractivity contribution >= 4 is 29.4 Å². The van der Waals surface area contributed by atoms with Crippen molar-refractivity contribution in [2.75, 3.05) is 18.4 Å². The van der Waals surface area contributed by atoms with E-state index in [2.05, 4.69) is 26.0 Å². The van der Waals surface area contributed by atoms with Gasteiger partial charge in [0.25, 0.3) is 0 Å². The summed E-state index contributed by atoms with van der Waals surface area (Å²) in [6, 6.07) is 3.95. The van der Waals surface area contributed by atoms with Gasteiger partial charge >= 0.3 is 12.1 Å². The Bertz CT molecular complexity index is 947. The van der Waals surface area contributed by atoms with Crippen molar-refractivity contribution in [1.82, 2.24) is 16.0 Å². The molecule has 1 heterocycles. The number of alkyl halides is 3. The molecule has 0 saturated carbocycles. The molecule has 2 atom stereocenters. The highest BCUT2D eigenvalue weighted by molar-refractivity contribution is 5.98. The number of benzene rings is 1. The number of piperidine rings is 1. The van der Waals surface area contributed by atoms with Gasteiger partial charge in [-0.2, -0.15) is 13.2 Å². The van der Waals surface area contributed by atoms with Crippen LogP contribution in [0, 0.1) is 11.8 Å². The summed E-state index contributed by atoms with van der Waals surface area (Å²) in [6.45, 7) is 6.55. The summed E-state index contributed by atoms with van der Waals surface area (Å²) >= 11 is 0. The largest absolute Gasteiger partial charge is 0.490 e. The minimum atomic E-state index is -5.07. The lowest BCUT2D eigenvalue weighted by Gasteiger charge is -2.24. The lowest BCUT2D eigenvalue weighted by molar-refractivity contribution is -0.201. The molecule has 4 N–H and O–H groups in total. The van der Waals surface area contributed by atoms with E-state index in [-0.39, 0.29) is 11.8 Å². The number of esters is 1. The molecule has 1 aromatic carbocycles.